The fourth-order valence-corrected chi connectivity index (χ4v) is 2.20. The average Bonchev–Trinajstić information content (AvgIpc) is 2.77. The van der Waals surface area contributed by atoms with E-state index in [4.69, 9.17) is 16.3 Å². The second-order valence-electron chi connectivity index (χ2n) is 3.35. The van der Waals surface area contributed by atoms with Gasteiger partial charge in [0.1, 0.15) is 0 Å². The summed E-state index contributed by atoms with van der Waals surface area (Å²) in [6, 6.07) is 7.76. The van der Waals surface area contributed by atoms with Crippen LogP contribution in [0, 0.1) is 0 Å². The van der Waals surface area contributed by atoms with Gasteiger partial charge in [-0.15, -0.1) is 11.3 Å². The number of halogens is 1. The summed E-state index contributed by atoms with van der Waals surface area (Å²) < 4.78 is 5.53. The van der Waals surface area contributed by atoms with Gasteiger partial charge in [0.05, 0.1) is 18.9 Å². The maximum atomic E-state index is 5.84. The molecule has 0 bridgehead atoms. The number of hydrogen-bond donors (Lipinski definition) is 0. The van der Waals surface area contributed by atoms with Crippen molar-refractivity contribution in [3.8, 4) is 0 Å². The number of rotatable bonds is 5. The highest BCUT2D eigenvalue weighted by molar-refractivity contribution is 7.09. The highest BCUT2D eigenvalue weighted by Gasteiger charge is 1.97. The van der Waals surface area contributed by atoms with Crippen LogP contribution in [0.3, 0.4) is 0 Å². The first-order valence-electron chi connectivity index (χ1n) is 5.05. The largest absolute Gasteiger partial charge is 0.375 e. The van der Waals surface area contributed by atoms with Crippen molar-refractivity contribution in [1.82, 2.24) is 4.98 Å². The number of hydrogen-bond acceptors (Lipinski definition) is 3. The zero-order chi connectivity index (χ0) is 11.2. The van der Waals surface area contributed by atoms with E-state index in [0.29, 0.717) is 18.2 Å². The third-order valence-corrected chi connectivity index (χ3v) is 3.27. The van der Waals surface area contributed by atoms with Crippen LogP contribution in [0.1, 0.15) is 10.6 Å². The fourth-order valence-electron chi connectivity index (χ4n) is 1.33. The Bertz CT molecular complexity index is 430. The molecule has 0 unspecified atom stereocenters. The zero-order valence-corrected chi connectivity index (χ0v) is 10.3. The molecule has 0 saturated heterocycles. The lowest BCUT2D eigenvalue weighted by Crippen LogP contribution is -1.99. The lowest BCUT2D eigenvalue weighted by molar-refractivity contribution is 0.121. The molecule has 0 N–H and O–H groups in total. The van der Waals surface area contributed by atoms with Crippen LogP contribution in [0.25, 0.3) is 0 Å². The molecular formula is C12H12ClNOS. The predicted octanol–water partition coefficient (Wildman–Crippen LogP) is 3.56. The maximum absolute atomic E-state index is 5.84. The third-order valence-electron chi connectivity index (χ3n) is 2.10. The summed E-state index contributed by atoms with van der Waals surface area (Å²) in [5, 5.41) is 2.78. The second kappa shape index (κ2) is 5.99. The summed E-state index contributed by atoms with van der Waals surface area (Å²) in [5.74, 6) is 0. The van der Waals surface area contributed by atoms with Crippen LogP contribution in [0.5, 0.6) is 0 Å². The number of ether oxygens (including phenoxy) is 1. The van der Waals surface area contributed by atoms with E-state index in [1.807, 2.05) is 6.07 Å². The highest BCUT2D eigenvalue weighted by Crippen LogP contribution is 2.11. The number of nitrogens with zero attached hydrogens (tertiary/aromatic N) is 1. The molecule has 0 aliphatic heterocycles. The molecule has 0 aromatic carbocycles. The van der Waals surface area contributed by atoms with E-state index in [-0.39, 0.29) is 0 Å². The van der Waals surface area contributed by atoms with E-state index >= 15 is 0 Å². The molecule has 0 aliphatic carbocycles. The molecule has 84 valence electrons. The minimum atomic E-state index is 0.520. The first kappa shape index (κ1) is 11.6. The molecule has 16 heavy (non-hydrogen) atoms. The molecule has 0 saturated carbocycles. The molecule has 0 radical (unpaired) electrons. The monoisotopic (exact) mass is 253 g/mol. The van der Waals surface area contributed by atoms with Gasteiger partial charge in [-0.2, -0.15) is 0 Å². The van der Waals surface area contributed by atoms with Gasteiger partial charge in [-0.25, -0.2) is 0 Å². The topological polar surface area (TPSA) is 22.1 Å². The van der Waals surface area contributed by atoms with Gasteiger partial charge in [0, 0.05) is 22.5 Å². The summed E-state index contributed by atoms with van der Waals surface area (Å²) in [6.07, 6.45) is 2.65. The van der Waals surface area contributed by atoms with Crippen molar-refractivity contribution in [3.63, 3.8) is 0 Å². The Kier molecular flexibility index (Phi) is 4.34. The van der Waals surface area contributed by atoms with Crippen LogP contribution in [0.2, 0.25) is 5.02 Å². The Hall–Kier alpha value is -0.900. The van der Waals surface area contributed by atoms with Gasteiger partial charge in [-0.05, 0) is 23.6 Å². The highest BCUT2D eigenvalue weighted by atomic mass is 35.5. The van der Waals surface area contributed by atoms with Gasteiger partial charge >= 0.3 is 0 Å². The Morgan fingerprint density at radius 1 is 1.38 bits per heavy atom. The number of pyridine rings is 1. The second-order valence-corrected chi connectivity index (χ2v) is 4.82. The normalized spacial score (nSPS) is 10.6. The SMILES string of the molecule is Clc1ccnc(COCCc2cccs2)c1. The van der Waals surface area contributed by atoms with E-state index in [1.54, 1.807) is 23.6 Å². The van der Waals surface area contributed by atoms with E-state index < -0.39 is 0 Å². The first-order chi connectivity index (χ1) is 7.84. The van der Waals surface area contributed by atoms with Crippen molar-refractivity contribution in [2.75, 3.05) is 6.61 Å². The van der Waals surface area contributed by atoms with Crippen LogP contribution in [0.15, 0.2) is 35.8 Å². The minimum Gasteiger partial charge on any atom is -0.375 e. The van der Waals surface area contributed by atoms with Crippen molar-refractivity contribution in [1.29, 1.82) is 0 Å². The van der Waals surface area contributed by atoms with E-state index in [9.17, 15) is 0 Å². The number of aromatic nitrogens is 1. The van der Waals surface area contributed by atoms with E-state index in [0.717, 1.165) is 12.1 Å². The molecule has 0 fully saturated rings. The van der Waals surface area contributed by atoms with Crippen LogP contribution in [-0.4, -0.2) is 11.6 Å². The summed E-state index contributed by atoms with van der Waals surface area (Å²) in [4.78, 5) is 5.51. The average molecular weight is 254 g/mol. The molecular weight excluding hydrogens is 242 g/mol. The first-order valence-corrected chi connectivity index (χ1v) is 6.31. The molecule has 0 amide bonds. The third kappa shape index (κ3) is 3.59. The summed E-state index contributed by atoms with van der Waals surface area (Å²) >= 11 is 7.60. The fraction of sp³-hybridized carbons (Fsp3) is 0.250. The van der Waals surface area contributed by atoms with Gasteiger partial charge < -0.3 is 4.74 Å². The maximum Gasteiger partial charge on any atom is 0.0888 e. The van der Waals surface area contributed by atoms with Crippen molar-refractivity contribution in [2.45, 2.75) is 13.0 Å². The summed E-state index contributed by atoms with van der Waals surface area (Å²) in [7, 11) is 0. The minimum absolute atomic E-state index is 0.520. The van der Waals surface area contributed by atoms with Crippen LogP contribution in [-0.2, 0) is 17.8 Å². The molecule has 2 heterocycles. The smallest absolute Gasteiger partial charge is 0.0888 e. The Labute approximate surface area is 104 Å². The van der Waals surface area contributed by atoms with E-state index in [1.165, 1.54) is 4.88 Å². The molecule has 4 heteroatoms. The quantitative estimate of drug-likeness (QED) is 0.761. The predicted molar refractivity (Wildman–Crippen MR) is 66.9 cm³/mol. The molecule has 0 aliphatic rings. The molecule has 2 rings (SSSR count). The molecule has 2 aromatic rings. The standard InChI is InChI=1S/C12H12ClNOS/c13-10-3-5-14-11(8-10)9-15-6-4-12-2-1-7-16-12/h1-3,5,7-8H,4,6,9H2. The van der Waals surface area contributed by atoms with Gasteiger partial charge in [0.25, 0.3) is 0 Å². The van der Waals surface area contributed by atoms with Gasteiger partial charge in [0.15, 0.2) is 0 Å². The summed E-state index contributed by atoms with van der Waals surface area (Å²) in [5.41, 5.74) is 0.874. The van der Waals surface area contributed by atoms with Crippen LogP contribution >= 0.6 is 22.9 Å². The molecule has 0 spiro atoms. The summed E-state index contributed by atoms with van der Waals surface area (Å²) in [6.45, 7) is 1.24. The molecule has 2 nitrogen and oxygen atoms in total. The van der Waals surface area contributed by atoms with Crippen molar-refractivity contribution in [3.05, 3.63) is 51.4 Å². The lowest BCUT2D eigenvalue weighted by atomic mass is 10.3. The van der Waals surface area contributed by atoms with Crippen LogP contribution in [0.4, 0.5) is 0 Å². The molecule has 0 atom stereocenters. The molecule has 2 aromatic heterocycles. The number of thiophene rings is 1. The van der Waals surface area contributed by atoms with Gasteiger partial charge in [0.2, 0.25) is 0 Å². The van der Waals surface area contributed by atoms with Crippen LogP contribution < -0.4 is 0 Å². The van der Waals surface area contributed by atoms with E-state index in [2.05, 4.69) is 22.5 Å². The van der Waals surface area contributed by atoms with Gasteiger partial charge in [-0.3, -0.25) is 4.98 Å². The van der Waals surface area contributed by atoms with Gasteiger partial charge in [-0.1, -0.05) is 17.7 Å². The lowest BCUT2D eigenvalue weighted by Gasteiger charge is -2.02. The zero-order valence-electron chi connectivity index (χ0n) is 8.73. The Morgan fingerprint density at radius 2 is 2.31 bits per heavy atom. The van der Waals surface area contributed by atoms with Crippen molar-refractivity contribution >= 4 is 22.9 Å². The van der Waals surface area contributed by atoms with Crippen molar-refractivity contribution in [2.24, 2.45) is 0 Å². The Balaban J connectivity index is 1.72. The Morgan fingerprint density at radius 3 is 3.06 bits per heavy atom. The van der Waals surface area contributed by atoms with Crippen molar-refractivity contribution < 1.29 is 4.74 Å².